The molecule has 1 aromatic carbocycles. The molecule has 2 amide bonds. The number of ether oxygens (including phenoxy) is 3. The van der Waals surface area contributed by atoms with Crippen molar-refractivity contribution in [1.29, 1.82) is 0 Å². The molecule has 1 heterocycles. The van der Waals surface area contributed by atoms with Gasteiger partial charge in [0.1, 0.15) is 5.92 Å². The van der Waals surface area contributed by atoms with Gasteiger partial charge in [-0.25, -0.2) is 9.79 Å². The van der Waals surface area contributed by atoms with Crippen LogP contribution >= 0.6 is 15.9 Å². The van der Waals surface area contributed by atoms with Crippen molar-refractivity contribution in [2.24, 2.45) is 10.9 Å². The Kier molecular flexibility index (Phi) is 5.82. The van der Waals surface area contributed by atoms with Crippen LogP contribution in [0.25, 0.3) is 0 Å². The summed E-state index contributed by atoms with van der Waals surface area (Å²) >= 11 is 3.46. The van der Waals surface area contributed by atoms with E-state index in [0.717, 1.165) is 0 Å². The lowest BCUT2D eigenvalue weighted by Crippen LogP contribution is -2.44. The van der Waals surface area contributed by atoms with Crippen LogP contribution in [0, 0.1) is 5.92 Å². The van der Waals surface area contributed by atoms with Gasteiger partial charge in [-0.15, -0.1) is 0 Å². The lowest BCUT2D eigenvalue weighted by atomic mass is 9.88. The van der Waals surface area contributed by atoms with E-state index in [0.29, 0.717) is 27.2 Å². The van der Waals surface area contributed by atoms with Crippen molar-refractivity contribution in [3.8, 4) is 11.5 Å². The number of aliphatic imine (C=N–C) groups is 1. The molecule has 2 rings (SSSR count). The summed E-state index contributed by atoms with van der Waals surface area (Å²) in [6, 6.07) is 2.32. The lowest BCUT2D eigenvalue weighted by molar-refractivity contribution is -0.146. The van der Waals surface area contributed by atoms with Crippen molar-refractivity contribution in [1.82, 2.24) is 5.32 Å². The monoisotopic (exact) mass is 398 g/mol. The van der Waals surface area contributed by atoms with E-state index < -0.39 is 24.0 Å². The SMILES string of the molecule is CCOC(=O)C1C(C)=NC(=O)NC1c1cc(OC)c(OC)cc1Br. The minimum atomic E-state index is -0.711. The molecule has 1 aromatic rings. The van der Waals surface area contributed by atoms with E-state index >= 15 is 0 Å². The van der Waals surface area contributed by atoms with Crippen LogP contribution in [0.15, 0.2) is 21.6 Å². The number of hydrogen-bond acceptors (Lipinski definition) is 5. The van der Waals surface area contributed by atoms with Gasteiger partial charge in [-0.1, -0.05) is 15.9 Å². The molecule has 1 aliphatic rings. The second-order valence-corrected chi connectivity index (χ2v) is 5.99. The number of hydrogen-bond donors (Lipinski definition) is 1. The average molecular weight is 399 g/mol. The number of amides is 2. The van der Waals surface area contributed by atoms with Crippen LogP contribution in [-0.4, -0.2) is 38.5 Å². The third-order valence-corrected chi connectivity index (χ3v) is 4.41. The number of halogens is 1. The first kappa shape index (κ1) is 18.3. The fraction of sp³-hybridized carbons (Fsp3) is 0.438. The summed E-state index contributed by atoms with van der Waals surface area (Å²) in [4.78, 5) is 28.1. The Balaban J connectivity index is 2.53. The van der Waals surface area contributed by atoms with Gasteiger partial charge in [0.15, 0.2) is 11.5 Å². The lowest BCUT2D eigenvalue weighted by Gasteiger charge is -2.30. The van der Waals surface area contributed by atoms with Crippen LogP contribution in [0.4, 0.5) is 4.79 Å². The minimum absolute atomic E-state index is 0.246. The van der Waals surface area contributed by atoms with Crippen LogP contribution in [0.5, 0.6) is 11.5 Å². The molecule has 0 saturated heterocycles. The minimum Gasteiger partial charge on any atom is -0.493 e. The van der Waals surface area contributed by atoms with Crippen molar-refractivity contribution in [2.45, 2.75) is 19.9 Å². The number of rotatable bonds is 5. The zero-order valence-corrected chi connectivity index (χ0v) is 15.5. The number of nitrogens with zero attached hydrogens (tertiary/aromatic N) is 1. The summed E-state index contributed by atoms with van der Waals surface area (Å²) in [6.45, 7) is 3.62. The van der Waals surface area contributed by atoms with Gasteiger partial charge in [0, 0.05) is 10.2 Å². The highest BCUT2D eigenvalue weighted by Crippen LogP contribution is 2.39. The molecule has 0 aromatic heterocycles. The summed E-state index contributed by atoms with van der Waals surface area (Å²) < 4.78 is 16.4. The molecule has 7 nitrogen and oxygen atoms in total. The smallest absolute Gasteiger partial charge is 0.341 e. The number of urea groups is 1. The topological polar surface area (TPSA) is 86.2 Å². The standard InChI is InChI=1S/C16H19BrN2O5/c1-5-24-15(20)13-8(2)18-16(21)19-14(13)9-6-11(22-3)12(23-4)7-10(9)17/h6-7,13-14H,5H2,1-4H3,(H,19,21). The highest BCUT2D eigenvalue weighted by Gasteiger charge is 2.39. The quantitative estimate of drug-likeness (QED) is 0.770. The maximum absolute atomic E-state index is 12.4. The normalized spacial score (nSPS) is 20.0. The summed E-state index contributed by atoms with van der Waals surface area (Å²) in [5.41, 5.74) is 1.08. The molecule has 0 spiro atoms. The van der Waals surface area contributed by atoms with Gasteiger partial charge in [0.05, 0.1) is 26.9 Å². The third kappa shape index (κ3) is 3.53. The van der Waals surface area contributed by atoms with E-state index in [1.807, 2.05) is 0 Å². The molecule has 2 unspecified atom stereocenters. The maximum Gasteiger partial charge on any atom is 0.341 e. The first-order chi connectivity index (χ1) is 11.4. The van der Waals surface area contributed by atoms with Gasteiger partial charge in [0.25, 0.3) is 0 Å². The Hall–Kier alpha value is -2.09. The Morgan fingerprint density at radius 1 is 1.29 bits per heavy atom. The predicted molar refractivity (Wildman–Crippen MR) is 91.8 cm³/mol. The van der Waals surface area contributed by atoms with E-state index in [1.165, 1.54) is 14.2 Å². The van der Waals surface area contributed by atoms with Gasteiger partial charge in [-0.05, 0) is 31.5 Å². The summed E-state index contributed by atoms with van der Waals surface area (Å²) in [6.07, 6.45) is 0. The van der Waals surface area contributed by atoms with Crippen molar-refractivity contribution in [3.05, 3.63) is 22.2 Å². The van der Waals surface area contributed by atoms with Gasteiger partial charge in [0.2, 0.25) is 0 Å². The second-order valence-electron chi connectivity index (χ2n) is 5.14. The molecule has 1 N–H and O–H groups in total. The second kappa shape index (κ2) is 7.65. The first-order valence-corrected chi connectivity index (χ1v) is 8.15. The number of benzene rings is 1. The molecule has 1 aliphatic heterocycles. The molecule has 0 radical (unpaired) electrons. The average Bonchev–Trinajstić information content (AvgIpc) is 2.53. The van der Waals surface area contributed by atoms with E-state index in [9.17, 15) is 9.59 Å². The zero-order chi connectivity index (χ0) is 17.9. The molecule has 0 fully saturated rings. The number of carbonyl (C=O) groups is 2. The van der Waals surface area contributed by atoms with Crippen LogP contribution in [-0.2, 0) is 9.53 Å². The number of nitrogens with one attached hydrogen (secondary N) is 1. The van der Waals surface area contributed by atoms with Crippen LogP contribution < -0.4 is 14.8 Å². The summed E-state index contributed by atoms with van der Waals surface area (Å²) in [5, 5.41) is 2.73. The van der Waals surface area contributed by atoms with Crippen molar-refractivity contribution in [2.75, 3.05) is 20.8 Å². The summed E-state index contributed by atoms with van der Waals surface area (Å²) in [7, 11) is 3.05. The van der Waals surface area contributed by atoms with E-state index in [1.54, 1.807) is 26.0 Å². The van der Waals surface area contributed by atoms with E-state index in [-0.39, 0.29) is 6.61 Å². The van der Waals surface area contributed by atoms with E-state index in [2.05, 4.69) is 26.2 Å². The van der Waals surface area contributed by atoms with Crippen LogP contribution in [0.3, 0.4) is 0 Å². The first-order valence-electron chi connectivity index (χ1n) is 7.36. The van der Waals surface area contributed by atoms with Crippen LogP contribution in [0.2, 0.25) is 0 Å². The summed E-state index contributed by atoms with van der Waals surface area (Å²) in [5.74, 6) is -0.122. The van der Waals surface area contributed by atoms with Gasteiger partial charge in [-0.3, -0.25) is 4.79 Å². The van der Waals surface area contributed by atoms with Gasteiger partial charge < -0.3 is 19.5 Å². The predicted octanol–water partition coefficient (Wildman–Crippen LogP) is 2.87. The molecule has 130 valence electrons. The molecule has 2 atom stereocenters. The van der Waals surface area contributed by atoms with E-state index in [4.69, 9.17) is 14.2 Å². The van der Waals surface area contributed by atoms with Crippen molar-refractivity contribution >= 4 is 33.6 Å². The molecule has 24 heavy (non-hydrogen) atoms. The third-order valence-electron chi connectivity index (χ3n) is 3.72. The molecule has 0 saturated carbocycles. The Morgan fingerprint density at radius 2 is 1.92 bits per heavy atom. The van der Waals surface area contributed by atoms with Crippen molar-refractivity contribution < 1.29 is 23.8 Å². The molecule has 0 aliphatic carbocycles. The maximum atomic E-state index is 12.4. The Morgan fingerprint density at radius 3 is 2.50 bits per heavy atom. The highest BCUT2D eigenvalue weighted by atomic mass is 79.9. The van der Waals surface area contributed by atoms with Crippen molar-refractivity contribution in [3.63, 3.8) is 0 Å². The zero-order valence-electron chi connectivity index (χ0n) is 13.9. The Labute approximate surface area is 148 Å². The molecule has 8 heteroatoms. The largest absolute Gasteiger partial charge is 0.493 e. The van der Waals surface area contributed by atoms with Gasteiger partial charge in [-0.2, -0.15) is 0 Å². The Bertz CT molecular complexity index is 689. The highest BCUT2D eigenvalue weighted by molar-refractivity contribution is 9.10. The fourth-order valence-electron chi connectivity index (χ4n) is 2.62. The number of carbonyl (C=O) groups excluding carboxylic acids is 2. The number of esters is 1. The fourth-order valence-corrected chi connectivity index (χ4v) is 3.19. The van der Waals surface area contributed by atoms with Crippen LogP contribution in [0.1, 0.15) is 25.5 Å². The molecular weight excluding hydrogens is 380 g/mol. The van der Waals surface area contributed by atoms with Gasteiger partial charge >= 0.3 is 12.0 Å². The number of methoxy groups -OCH3 is 2. The molecule has 0 bridgehead atoms. The molecular formula is C16H19BrN2O5.